The van der Waals surface area contributed by atoms with Crippen LogP contribution in [0.5, 0.6) is 0 Å². The monoisotopic (exact) mass is 414 g/mol. The average Bonchev–Trinajstić information content (AvgIpc) is 2.82. The summed E-state index contributed by atoms with van der Waals surface area (Å²) >= 11 is 0. The lowest BCUT2D eigenvalue weighted by Crippen LogP contribution is -2.11. The predicted octanol–water partition coefficient (Wildman–Crippen LogP) is 2.53. The molecule has 0 aliphatic carbocycles. The first-order valence-electron chi connectivity index (χ1n) is 9.46. The summed E-state index contributed by atoms with van der Waals surface area (Å²) in [5.74, 6) is 6.02. The van der Waals surface area contributed by atoms with Crippen molar-refractivity contribution in [2.45, 2.75) is 13.2 Å². The van der Waals surface area contributed by atoms with Crippen LogP contribution in [0, 0.1) is 11.3 Å². The van der Waals surface area contributed by atoms with E-state index in [-0.39, 0.29) is 0 Å². The summed E-state index contributed by atoms with van der Waals surface area (Å²) in [5.41, 5.74) is 4.49. The zero-order chi connectivity index (χ0) is 22.1. The zero-order valence-electron chi connectivity index (χ0n) is 17.3. The highest BCUT2D eigenvalue weighted by Crippen LogP contribution is 2.20. The number of pyridine rings is 1. The van der Waals surface area contributed by atoms with E-state index in [1.807, 2.05) is 24.3 Å². The molecule has 0 fully saturated rings. The number of rotatable bonds is 8. The first-order chi connectivity index (χ1) is 15.2. The van der Waals surface area contributed by atoms with Crippen molar-refractivity contribution in [1.29, 1.82) is 5.26 Å². The molecular formula is C22H22N8O. The zero-order valence-corrected chi connectivity index (χ0v) is 17.3. The van der Waals surface area contributed by atoms with Crippen LogP contribution >= 0.6 is 0 Å². The van der Waals surface area contributed by atoms with E-state index in [1.54, 1.807) is 44.6 Å². The number of ether oxygens (including phenoxy) is 1. The van der Waals surface area contributed by atoms with Crippen molar-refractivity contribution in [3.8, 4) is 17.3 Å². The maximum atomic E-state index is 9.17. The highest BCUT2D eigenvalue weighted by Gasteiger charge is 2.11. The molecule has 1 aromatic carbocycles. The molecule has 3 aromatic rings. The minimum Gasteiger partial charge on any atom is -0.378 e. The van der Waals surface area contributed by atoms with Gasteiger partial charge in [0.15, 0.2) is 0 Å². The number of nitriles is 1. The molecule has 0 saturated carbocycles. The number of hydrogen-bond acceptors (Lipinski definition) is 9. The van der Waals surface area contributed by atoms with E-state index in [0.717, 1.165) is 17.0 Å². The Labute approximate surface area is 180 Å². The molecule has 3 N–H and O–H groups in total. The van der Waals surface area contributed by atoms with E-state index in [0.29, 0.717) is 41.8 Å². The van der Waals surface area contributed by atoms with Gasteiger partial charge in [-0.1, -0.05) is 18.2 Å². The van der Waals surface area contributed by atoms with Gasteiger partial charge in [-0.3, -0.25) is 9.98 Å². The Bertz CT molecular complexity index is 1150. The quantitative estimate of drug-likeness (QED) is 0.328. The number of nitrogens with two attached hydrogens (primary N) is 1. The third kappa shape index (κ3) is 5.68. The lowest BCUT2D eigenvalue weighted by atomic mass is 10.1. The molecule has 0 spiro atoms. The van der Waals surface area contributed by atoms with Crippen LogP contribution in [0.1, 0.15) is 22.6 Å². The van der Waals surface area contributed by atoms with Gasteiger partial charge in [-0.15, -0.1) is 0 Å². The smallest absolute Gasteiger partial charge is 0.223 e. The number of methoxy groups -OCH3 is 1. The summed E-state index contributed by atoms with van der Waals surface area (Å²) in [6.45, 7) is 0.800. The van der Waals surface area contributed by atoms with Gasteiger partial charge in [0.2, 0.25) is 5.95 Å². The molecule has 0 aliphatic heterocycles. The van der Waals surface area contributed by atoms with Gasteiger partial charge >= 0.3 is 0 Å². The van der Waals surface area contributed by atoms with Crippen LogP contribution in [0.4, 0.5) is 5.95 Å². The fraction of sp³-hybridized carbons (Fsp3) is 0.182. The van der Waals surface area contributed by atoms with E-state index in [9.17, 15) is 0 Å². The number of hydrazone groups is 1. The Morgan fingerprint density at radius 2 is 1.97 bits per heavy atom. The predicted molar refractivity (Wildman–Crippen MR) is 120 cm³/mol. The first kappa shape index (κ1) is 21.5. The Morgan fingerprint density at radius 3 is 2.71 bits per heavy atom. The third-order valence-corrected chi connectivity index (χ3v) is 4.26. The molecule has 2 heterocycles. The van der Waals surface area contributed by atoms with Crippen molar-refractivity contribution in [2.24, 2.45) is 15.9 Å². The molecule has 0 bridgehead atoms. The molecule has 0 radical (unpaired) electrons. The van der Waals surface area contributed by atoms with Gasteiger partial charge in [-0.25, -0.2) is 9.97 Å². The van der Waals surface area contributed by atoms with Gasteiger partial charge in [-0.2, -0.15) is 10.4 Å². The molecule has 0 atom stereocenters. The molecule has 0 saturated heterocycles. The maximum Gasteiger partial charge on any atom is 0.223 e. The minimum atomic E-state index is 0.359. The molecular weight excluding hydrogens is 392 g/mol. The van der Waals surface area contributed by atoms with E-state index in [1.165, 1.54) is 0 Å². The number of hydrogen-bond donors (Lipinski definition) is 2. The van der Waals surface area contributed by atoms with Crippen molar-refractivity contribution in [2.75, 3.05) is 19.5 Å². The van der Waals surface area contributed by atoms with E-state index in [4.69, 9.17) is 15.8 Å². The summed E-state index contributed by atoms with van der Waals surface area (Å²) in [6, 6.07) is 16.8. The number of nitrogens with zero attached hydrogens (tertiary/aromatic N) is 6. The first-order valence-corrected chi connectivity index (χ1v) is 9.46. The molecule has 9 heteroatoms. The second-order valence-corrected chi connectivity index (χ2v) is 6.44. The molecule has 0 amide bonds. The van der Waals surface area contributed by atoms with Gasteiger partial charge in [-0.05, 0) is 30.3 Å². The van der Waals surface area contributed by atoms with Crippen LogP contribution in [-0.2, 0) is 17.9 Å². The summed E-state index contributed by atoms with van der Waals surface area (Å²) in [4.78, 5) is 17.8. The fourth-order valence-electron chi connectivity index (χ4n) is 2.82. The molecule has 3 rings (SSSR count). The van der Waals surface area contributed by atoms with Crippen molar-refractivity contribution < 1.29 is 4.74 Å². The van der Waals surface area contributed by atoms with Crippen molar-refractivity contribution in [3.63, 3.8) is 0 Å². The Kier molecular flexibility index (Phi) is 7.35. The number of nitrogens with one attached hydrogen (secondary N) is 1. The third-order valence-electron chi connectivity index (χ3n) is 4.26. The second-order valence-electron chi connectivity index (χ2n) is 6.44. The van der Waals surface area contributed by atoms with E-state index in [2.05, 4.69) is 36.4 Å². The summed E-state index contributed by atoms with van der Waals surface area (Å²) in [7, 11) is 3.35. The molecule has 2 aromatic heterocycles. The molecule has 156 valence electrons. The van der Waals surface area contributed by atoms with Crippen molar-refractivity contribution in [3.05, 3.63) is 71.2 Å². The van der Waals surface area contributed by atoms with Crippen LogP contribution in [0.2, 0.25) is 0 Å². The Balaban J connectivity index is 1.86. The van der Waals surface area contributed by atoms with Gasteiger partial charge < -0.3 is 15.9 Å². The van der Waals surface area contributed by atoms with Gasteiger partial charge in [0.1, 0.15) is 5.71 Å². The van der Waals surface area contributed by atoms with Crippen LogP contribution in [0.25, 0.3) is 11.3 Å². The van der Waals surface area contributed by atoms with Crippen LogP contribution < -0.4 is 11.2 Å². The largest absolute Gasteiger partial charge is 0.378 e. The number of aliphatic imine (C=N–C) groups is 1. The highest BCUT2D eigenvalue weighted by atomic mass is 16.5. The van der Waals surface area contributed by atoms with Crippen LogP contribution in [0.15, 0.2) is 58.6 Å². The van der Waals surface area contributed by atoms with E-state index >= 15 is 0 Å². The van der Waals surface area contributed by atoms with Crippen LogP contribution in [-0.4, -0.2) is 41.0 Å². The Hall–Kier alpha value is -4.16. The normalized spacial score (nSPS) is 11.5. The highest BCUT2D eigenvalue weighted by molar-refractivity contribution is 6.37. The second kappa shape index (κ2) is 10.6. The summed E-state index contributed by atoms with van der Waals surface area (Å²) in [6.07, 6.45) is 1.56. The minimum absolute atomic E-state index is 0.359. The standard InChI is InChI=1S/C22H22N8O/c1-25-22-28-19(16-6-3-5-15(9-16)11-23)10-20(29-22)21(30-24)13-26-12-17-7-4-8-18(27-17)14-31-2/h3-10,13H,12,14,24H2,1-2H3,(H,25,28,29)/b26-13?,30-21+. The van der Waals surface area contributed by atoms with Gasteiger partial charge in [0.05, 0.1) is 53.8 Å². The van der Waals surface area contributed by atoms with Crippen molar-refractivity contribution in [1.82, 2.24) is 15.0 Å². The number of anilines is 1. The SMILES string of the molecule is CNc1nc(/C(C=NCc2cccc(COC)n2)=N/N)cc(-c2cccc(C#N)c2)n1. The topological polar surface area (TPSA) is 134 Å². The Morgan fingerprint density at radius 1 is 1.16 bits per heavy atom. The molecule has 31 heavy (non-hydrogen) atoms. The van der Waals surface area contributed by atoms with Gasteiger partial charge in [0.25, 0.3) is 0 Å². The maximum absolute atomic E-state index is 9.17. The van der Waals surface area contributed by atoms with Crippen molar-refractivity contribution >= 4 is 17.9 Å². The van der Waals surface area contributed by atoms with E-state index < -0.39 is 0 Å². The summed E-state index contributed by atoms with van der Waals surface area (Å²) in [5, 5.41) is 15.9. The lowest BCUT2D eigenvalue weighted by molar-refractivity contribution is 0.181. The van der Waals surface area contributed by atoms with Gasteiger partial charge in [0, 0.05) is 19.7 Å². The average molecular weight is 414 g/mol. The summed E-state index contributed by atoms with van der Waals surface area (Å²) < 4.78 is 5.11. The van der Waals surface area contributed by atoms with Crippen LogP contribution in [0.3, 0.4) is 0 Å². The molecule has 0 aliphatic rings. The fourth-order valence-corrected chi connectivity index (χ4v) is 2.82. The molecule has 0 unspecified atom stereocenters. The lowest BCUT2D eigenvalue weighted by Gasteiger charge is -2.08. The number of benzene rings is 1. The number of aromatic nitrogens is 3. The molecule has 9 nitrogen and oxygen atoms in total.